The first-order valence-electron chi connectivity index (χ1n) is 9.05. The molecule has 0 spiro atoms. The molecule has 0 radical (unpaired) electrons. The molecule has 26 heavy (non-hydrogen) atoms. The van der Waals surface area contributed by atoms with Crippen molar-refractivity contribution in [1.82, 2.24) is 9.80 Å². The number of carbonyl (C=O) groups excluding carboxylic acids is 1. The quantitative estimate of drug-likeness (QED) is 0.282. The van der Waals surface area contributed by atoms with Gasteiger partial charge in [0.1, 0.15) is 0 Å². The van der Waals surface area contributed by atoms with Crippen molar-refractivity contribution >= 4 is 24.2 Å². The van der Waals surface area contributed by atoms with Crippen molar-refractivity contribution in [3.8, 4) is 0 Å². The van der Waals surface area contributed by atoms with Gasteiger partial charge < -0.3 is 4.90 Å². The molecule has 0 bridgehead atoms. The van der Waals surface area contributed by atoms with Crippen LogP contribution in [0, 0.1) is 0 Å². The third kappa shape index (κ3) is 4.41. The fraction of sp³-hybridized carbons (Fsp3) is 0.526. The summed E-state index contributed by atoms with van der Waals surface area (Å²) < 4.78 is 0. The van der Waals surface area contributed by atoms with Crippen LogP contribution < -0.4 is 0 Å². The third-order valence-corrected chi connectivity index (χ3v) is 5.88. The minimum atomic E-state index is 0.126. The second-order valence-electron chi connectivity index (χ2n) is 7.06. The maximum Gasteiger partial charge on any atom is 0.227 e. The molecule has 1 aliphatic carbocycles. The average molecular weight is 372 g/mol. The van der Waals surface area contributed by atoms with Crippen molar-refractivity contribution < 1.29 is 4.79 Å². The molecule has 3 atom stereocenters. The zero-order valence-electron chi connectivity index (χ0n) is 15.0. The van der Waals surface area contributed by atoms with Crippen molar-refractivity contribution in [3.63, 3.8) is 0 Å². The summed E-state index contributed by atoms with van der Waals surface area (Å²) in [6.45, 7) is 1.93. The molecule has 1 heterocycles. The van der Waals surface area contributed by atoms with Crippen LogP contribution in [0.15, 0.2) is 41.5 Å². The molecular weight excluding hydrogens is 346 g/mol. The first-order valence-corrected chi connectivity index (χ1v) is 9.57. The largest absolute Gasteiger partial charge is 0.341 e. The lowest BCUT2D eigenvalue weighted by atomic mass is 9.87. The fourth-order valence-corrected chi connectivity index (χ4v) is 4.30. The van der Waals surface area contributed by atoms with Gasteiger partial charge in [0, 0.05) is 48.1 Å². The summed E-state index contributed by atoms with van der Waals surface area (Å²) in [6.07, 6.45) is 7.82. The van der Waals surface area contributed by atoms with Crippen LogP contribution in [0.1, 0.15) is 24.8 Å². The van der Waals surface area contributed by atoms with Crippen LogP contribution in [-0.2, 0) is 11.2 Å². The SMILES string of the molecule is CN(C(=O)Cc1ccc(N=[N+]=[N-])cc1)C1CCC(S)CC1N1CC=CC1. The molecule has 6 nitrogen and oxygen atoms in total. The molecule has 1 aromatic carbocycles. The number of thiol groups is 1. The summed E-state index contributed by atoms with van der Waals surface area (Å²) in [5.41, 5.74) is 9.96. The highest BCUT2D eigenvalue weighted by Crippen LogP contribution is 2.31. The number of benzene rings is 1. The molecule has 3 unspecified atom stereocenters. The first-order chi connectivity index (χ1) is 12.6. The maximum absolute atomic E-state index is 12.9. The molecule has 0 saturated heterocycles. The van der Waals surface area contributed by atoms with Crippen molar-refractivity contribution in [1.29, 1.82) is 0 Å². The molecule has 0 aromatic heterocycles. The van der Waals surface area contributed by atoms with Crippen LogP contribution in [-0.4, -0.2) is 53.2 Å². The van der Waals surface area contributed by atoms with E-state index < -0.39 is 0 Å². The van der Waals surface area contributed by atoms with Crippen LogP contribution in [0.5, 0.6) is 0 Å². The van der Waals surface area contributed by atoms with E-state index in [0.29, 0.717) is 23.4 Å². The van der Waals surface area contributed by atoms with Gasteiger partial charge in [-0.05, 0) is 30.4 Å². The normalized spacial score (nSPS) is 25.7. The maximum atomic E-state index is 12.9. The Balaban J connectivity index is 1.66. The van der Waals surface area contributed by atoms with Gasteiger partial charge >= 0.3 is 0 Å². The topological polar surface area (TPSA) is 72.3 Å². The molecule has 138 valence electrons. The minimum Gasteiger partial charge on any atom is -0.341 e. The van der Waals surface area contributed by atoms with Crippen LogP contribution in [0.2, 0.25) is 0 Å². The summed E-state index contributed by atoms with van der Waals surface area (Å²) >= 11 is 4.70. The molecule has 1 aromatic rings. The lowest BCUT2D eigenvalue weighted by molar-refractivity contribution is -0.133. The summed E-state index contributed by atoms with van der Waals surface area (Å²) in [4.78, 5) is 20.0. The number of rotatable bonds is 5. The summed E-state index contributed by atoms with van der Waals surface area (Å²) in [6, 6.07) is 7.78. The lowest BCUT2D eigenvalue weighted by Gasteiger charge is -2.44. The number of nitrogens with zero attached hydrogens (tertiary/aromatic N) is 5. The van der Waals surface area contributed by atoms with E-state index in [4.69, 9.17) is 18.2 Å². The van der Waals surface area contributed by atoms with E-state index >= 15 is 0 Å². The molecule has 7 heteroatoms. The monoisotopic (exact) mass is 371 g/mol. The van der Waals surface area contributed by atoms with E-state index in [1.165, 1.54) is 0 Å². The Kier molecular flexibility index (Phi) is 6.25. The molecule has 1 fully saturated rings. The van der Waals surface area contributed by atoms with Gasteiger partial charge in [0.05, 0.1) is 6.42 Å². The van der Waals surface area contributed by atoms with Crippen LogP contribution >= 0.6 is 12.6 Å². The fourth-order valence-electron chi connectivity index (χ4n) is 3.93. The Morgan fingerprint density at radius 1 is 1.31 bits per heavy atom. The van der Waals surface area contributed by atoms with E-state index in [-0.39, 0.29) is 11.9 Å². The second-order valence-corrected chi connectivity index (χ2v) is 7.79. The number of hydrogen-bond acceptors (Lipinski definition) is 4. The minimum absolute atomic E-state index is 0.126. The molecule has 2 aliphatic rings. The van der Waals surface area contributed by atoms with Gasteiger partial charge in [-0.25, -0.2) is 0 Å². The number of carbonyl (C=O) groups is 1. The van der Waals surface area contributed by atoms with E-state index in [1.54, 1.807) is 12.1 Å². The predicted molar refractivity (Wildman–Crippen MR) is 107 cm³/mol. The van der Waals surface area contributed by atoms with E-state index in [9.17, 15) is 4.79 Å². The highest BCUT2D eigenvalue weighted by Gasteiger charge is 2.37. The molecule has 0 N–H and O–H groups in total. The lowest BCUT2D eigenvalue weighted by Crippen LogP contribution is -2.55. The molecule has 1 amide bonds. The van der Waals surface area contributed by atoms with Gasteiger partial charge in [-0.2, -0.15) is 12.6 Å². The third-order valence-electron chi connectivity index (χ3n) is 5.41. The van der Waals surface area contributed by atoms with Crippen molar-refractivity contribution in [2.45, 2.75) is 43.0 Å². The van der Waals surface area contributed by atoms with Gasteiger partial charge in [-0.1, -0.05) is 41.5 Å². The summed E-state index contributed by atoms with van der Waals surface area (Å²) in [5, 5.41) is 3.97. The average Bonchev–Trinajstić information content (AvgIpc) is 3.17. The summed E-state index contributed by atoms with van der Waals surface area (Å²) in [5.74, 6) is 0.126. The van der Waals surface area contributed by atoms with Gasteiger partial charge in [0.15, 0.2) is 0 Å². The van der Waals surface area contributed by atoms with E-state index in [1.807, 2.05) is 24.1 Å². The highest BCUT2D eigenvalue weighted by molar-refractivity contribution is 7.80. The molecule has 3 rings (SSSR count). The standard InChI is InChI=1S/C19H25N5OS/c1-23(19(25)12-14-4-6-15(7-5-14)21-22-20)17-9-8-16(26)13-18(17)24-10-2-3-11-24/h2-7,16-18,26H,8-13H2,1H3. The van der Waals surface area contributed by atoms with Crippen LogP contribution in [0.25, 0.3) is 10.4 Å². The number of azide groups is 1. The molecular formula is C19H25N5OS. The number of hydrogen-bond donors (Lipinski definition) is 1. The van der Waals surface area contributed by atoms with E-state index in [0.717, 1.165) is 37.9 Å². The number of amides is 1. The van der Waals surface area contributed by atoms with Crippen LogP contribution in [0.3, 0.4) is 0 Å². The first kappa shape index (κ1) is 18.8. The molecule has 1 saturated carbocycles. The van der Waals surface area contributed by atoms with Gasteiger partial charge in [-0.3, -0.25) is 9.69 Å². The predicted octanol–water partition coefficient (Wildman–Crippen LogP) is 3.72. The Hall–Kier alpha value is -1.95. The Bertz CT molecular complexity index is 705. The van der Waals surface area contributed by atoms with Crippen molar-refractivity contribution in [2.24, 2.45) is 5.11 Å². The van der Waals surface area contributed by atoms with Gasteiger partial charge in [0.2, 0.25) is 5.91 Å². The number of likely N-dealkylation sites (N-methyl/N-ethyl adjacent to an activating group) is 1. The molecule has 1 aliphatic heterocycles. The Morgan fingerprint density at radius 3 is 2.65 bits per heavy atom. The zero-order valence-corrected chi connectivity index (χ0v) is 15.9. The van der Waals surface area contributed by atoms with Gasteiger partial charge in [-0.15, -0.1) is 0 Å². The Morgan fingerprint density at radius 2 is 2.00 bits per heavy atom. The highest BCUT2D eigenvalue weighted by atomic mass is 32.1. The van der Waals surface area contributed by atoms with Crippen molar-refractivity contribution in [3.05, 3.63) is 52.4 Å². The zero-order chi connectivity index (χ0) is 18.5. The Labute approximate surface area is 159 Å². The van der Waals surface area contributed by atoms with Crippen molar-refractivity contribution in [2.75, 3.05) is 20.1 Å². The van der Waals surface area contributed by atoms with E-state index in [2.05, 4.69) is 27.1 Å². The smallest absolute Gasteiger partial charge is 0.227 e. The second kappa shape index (κ2) is 8.62. The summed E-state index contributed by atoms with van der Waals surface area (Å²) in [7, 11) is 1.93. The van der Waals surface area contributed by atoms with Gasteiger partial charge in [0.25, 0.3) is 0 Å². The van der Waals surface area contributed by atoms with Crippen LogP contribution in [0.4, 0.5) is 5.69 Å².